The van der Waals surface area contributed by atoms with Crippen LogP contribution in [0.15, 0.2) is 24.3 Å². The van der Waals surface area contributed by atoms with Gasteiger partial charge in [-0.3, -0.25) is 15.2 Å². The molecule has 1 amide bonds. The molecule has 6 nitrogen and oxygen atoms in total. The highest BCUT2D eigenvalue weighted by molar-refractivity contribution is 5.96. The van der Waals surface area contributed by atoms with Gasteiger partial charge in [-0.05, 0) is 43.8 Å². The molecule has 2 heterocycles. The van der Waals surface area contributed by atoms with Crippen molar-refractivity contribution in [1.29, 1.82) is 5.41 Å². The molecule has 1 atom stereocenters. The maximum Gasteiger partial charge on any atom is 0.414 e. The van der Waals surface area contributed by atoms with E-state index in [4.69, 9.17) is 15.9 Å². The van der Waals surface area contributed by atoms with Gasteiger partial charge in [-0.25, -0.2) is 4.79 Å². The Balaban J connectivity index is 1.66. The molecule has 2 aliphatic heterocycles. The van der Waals surface area contributed by atoms with Crippen molar-refractivity contribution in [1.82, 2.24) is 4.90 Å². The van der Waals surface area contributed by atoms with Gasteiger partial charge in [0.1, 0.15) is 11.9 Å². The molecular formula is C14H18N4O2. The molecule has 3 N–H and O–H groups in total. The summed E-state index contributed by atoms with van der Waals surface area (Å²) in [5.41, 5.74) is 6.85. The second kappa shape index (κ2) is 5.13. The first-order valence-electron chi connectivity index (χ1n) is 6.78. The zero-order valence-electron chi connectivity index (χ0n) is 11.2. The summed E-state index contributed by atoms with van der Waals surface area (Å²) >= 11 is 0. The number of carbonyl (C=O) groups excluding carboxylic acids is 1. The van der Waals surface area contributed by atoms with Gasteiger partial charge in [0.05, 0.1) is 6.54 Å². The van der Waals surface area contributed by atoms with Crippen molar-refractivity contribution < 1.29 is 9.53 Å². The number of nitrogens with two attached hydrogens (primary N) is 1. The summed E-state index contributed by atoms with van der Waals surface area (Å²) in [6, 6.07) is 7.08. The number of likely N-dealkylation sites (tertiary alicyclic amines) is 1. The average molecular weight is 274 g/mol. The Kier molecular flexibility index (Phi) is 3.31. The quantitative estimate of drug-likeness (QED) is 0.634. The number of rotatable bonds is 4. The highest BCUT2D eigenvalue weighted by atomic mass is 16.6. The fourth-order valence-corrected chi connectivity index (χ4v) is 2.50. The summed E-state index contributed by atoms with van der Waals surface area (Å²) < 4.78 is 5.39. The average Bonchev–Trinajstić information content (AvgIpc) is 2.75. The summed E-state index contributed by atoms with van der Waals surface area (Å²) in [7, 11) is 0. The second-order valence-electron chi connectivity index (χ2n) is 5.23. The molecule has 20 heavy (non-hydrogen) atoms. The topological polar surface area (TPSA) is 82.7 Å². The number of nitrogens with one attached hydrogen (secondary N) is 1. The first-order chi connectivity index (χ1) is 9.63. The standard InChI is InChI=1S/C14H18N4O2/c15-13(16)10-2-4-11(5-3-10)18-9-12(20-14(18)19)8-17-6-1-7-17/h2-5,12H,1,6-9H2,(H3,15,16). The smallest absolute Gasteiger partial charge is 0.414 e. The van der Waals surface area contributed by atoms with Crippen LogP contribution < -0.4 is 10.6 Å². The summed E-state index contributed by atoms with van der Waals surface area (Å²) in [4.78, 5) is 15.8. The van der Waals surface area contributed by atoms with E-state index in [1.807, 2.05) is 0 Å². The van der Waals surface area contributed by atoms with Crippen LogP contribution in [0.1, 0.15) is 12.0 Å². The fraction of sp³-hybridized carbons (Fsp3) is 0.429. The van der Waals surface area contributed by atoms with E-state index in [1.165, 1.54) is 6.42 Å². The van der Waals surface area contributed by atoms with Crippen LogP contribution in [0.25, 0.3) is 0 Å². The Labute approximate surface area is 117 Å². The number of cyclic esters (lactones) is 1. The third kappa shape index (κ3) is 2.46. The molecule has 2 aliphatic rings. The predicted molar refractivity (Wildman–Crippen MR) is 76.1 cm³/mol. The molecule has 0 aliphatic carbocycles. The van der Waals surface area contributed by atoms with Crippen molar-refractivity contribution in [2.45, 2.75) is 12.5 Å². The third-order valence-corrected chi connectivity index (χ3v) is 3.77. The number of benzene rings is 1. The van der Waals surface area contributed by atoms with Crippen molar-refractivity contribution in [2.24, 2.45) is 5.73 Å². The molecule has 2 fully saturated rings. The maximum absolute atomic E-state index is 11.9. The van der Waals surface area contributed by atoms with Gasteiger partial charge in [0, 0.05) is 17.8 Å². The normalized spacial score (nSPS) is 22.5. The molecule has 0 radical (unpaired) electrons. The first kappa shape index (κ1) is 12.9. The molecule has 3 rings (SSSR count). The molecular weight excluding hydrogens is 256 g/mol. The van der Waals surface area contributed by atoms with E-state index in [2.05, 4.69) is 4.90 Å². The van der Waals surface area contributed by atoms with Crippen LogP contribution in [-0.2, 0) is 4.74 Å². The molecule has 0 spiro atoms. The molecule has 6 heteroatoms. The van der Waals surface area contributed by atoms with E-state index in [0.717, 1.165) is 25.3 Å². The Morgan fingerprint density at radius 2 is 2.05 bits per heavy atom. The molecule has 0 saturated carbocycles. The molecule has 0 aromatic heterocycles. The van der Waals surface area contributed by atoms with Crippen LogP contribution in [-0.4, -0.2) is 49.1 Å². The summed E-state index contributed by atoms with van der Waals surface area (Å²) in [5.74, 6) is 0.0243. The van der Waals surface area contributed by atoms with Gasteiger partial charge in [-0.15, -0.1) is 0 Å². The Hall–Kier alpha value is -2.08. The van der Waals surface area contributed by atoms with Gasteiger partial charge in [0.25, 0.3) is 0 Å². The largest absolute Gasteiger partial charge is 0.443 e. The van der Waals surface area contributed by atoms with E-state index in [9.17, 15) is 4.79 Å². The third-order valence-electron chi connectivity index (χ3n) is 3.77. The van der Waals surface area contributed by atoms with E-state index in [-0.39, 0.29) is 18.0 Å². The number of anilines is 1. The fourth-order valence-electron chi connectivity index (χ4n) is 2.50. The number of carbonyl (C=O) groups is 1. The minimum absolute atomic E-state index is 0.0243. The molecule has 1 aromatic carbocycles. The lowest BCUT2D eigenvalue weighted by molar-refractivity contribution is 0.0831. The lowest BCUT2D eigenvalue weighted by Crippen LogP contribution is -2.43. The highest BCUT2D eigenvalue weighted by Crippen LogP contribution is 2.23. The summed E-state index contributed by atoms with van der Waals surface area (Å²) in [6.07, 6.45) is 0.873. The number of ether oxygens (including phenoxy) is 1. The minimum Gasteiger partial charge on any atom is -0.443 e. The van der Waals surface area contributed by atoms with E-state index < -0.39 is 0 Å². The van der Waals surface area contributed by atoms with Gasteiger partial charge in [0.15, 0.2) is 0 Å². The van der Waals surface area contributed by atoms with Gasteiger partial charge in [-0.1, -0.05) is 0 Å². The number of nitrogen functional groups attached to an aromatic ring is 1. The van der Waals surface area contributed by atoms with Crippen molar-refractivity contribution in [3.63, 3.8) is 0 Å². The van der Waals surface area contributed by atoms with Gasteiger partial charge >= 0.3 is 6.09 Å². The number of nitrogens with zero attached hydrogens (tertiary/aromatic N) is 2. The van der Waals surface area contributed by atoms with E-state index in [1.54, 1.807) is 29.2 Å². The molecule has 1 aromatic rings. The van der Waals surface area contributed by atoms with E-state index >= 15 is 0 Å². The number of amidine groups is 1. The van der Waals surface area contributed by atoms with Crippen molar-refractivity contribution in [3.05, 3.63) is 29.8 Å². The zero-order chi connectivity index (χ0) is 14.1. The second-order valence-corrected chi connectivity index (χ2v) is 5.23. The Morgan fingerprint density at radius 1 is 1.35 bits per heavy atom. The van der Waals surface area contributed by atoms with Gasteiger partial charge in [0.2, 0.25) is 0 Å². The predicted octanol–water partition coefficient (Wildman–Crippen LogP) is 1.00. The minimum atomic E-state index is -0.300. The highest BCUT2D eigenvalue weighted by Gasteiger charge is 2.34. The van der Waals surface area contributed by atoms with Crippen molar-refractivity contribution >= 4 is 17.6 Å². The summed E-state index contributed by atoms with van der Waals surface area (Å²) in [5, 5.41) is 7.36. The van der Waals surface area contributed by atoms with Crippen LogP contribution in [0.2, 0.25) is 0 Å². The first-order valence-corrected chi connectivity index (χ1v) is 6.78. The number of amides is 1. The van der Waals surface area contributed by atoms with Crippen LogP contribution in [0.3, 0.4) is 0 Å². The molecule has 1 unspecified atom stereocenters. The van der Waals surface area contributed by atoms with Crippen LogP contribution >= 0.6 is 0 Å². The SMILES string of the molecule is N=C(N)c1ccc(N2CC(CN3CCC3)OC2=O)cc1. The maximum atomic E-state index is 11.9. The van der Waals surface area contributed by atoms with E-state index in [0.29, 0.717) is 12.1 Å². The summed E-state index contributed by atoms with van der Waals surface area (Å²) in [6.45, 7) is 3.59. The van der Waals surface area contributed by atoms with Crippen LogP contribution in [0.5, 0.6) is 0 Å². The van der Waals surface area contributed by atoms with Crippen molar-refractivity contribution in [3.8, 4) is 0 Å². The lowest BCUT2D eigenvalue weighted by Gasteiger charge is -2.31. The Morgan fingerprint density at radius 3 is 2.60 bits per heavy atom. The number of hydrogen-bond donors (Lipinski definition) is 2. The lowest BCUT2D eigenvalue weighted by atomic mass is 10.1. The Bertz CT molecular complexity index is 524. The van der Waals surface area contributed by atoms with Gasteiger partial charge in [-0.2, -0.15) is 0 Å². The zero-order valence-corrected chi connectivity index (χ0v) is 11.2. The number of hydrogen-bond acceptors (Lipinski definition) is 4. The molecule has 2 saturated heterocycles. The van der Waals surface area contributed by atoms with Gasteiger partial charge < -0.3 is 10.5 Å². The van der Waals surface area contributed by atoms with Crippen molar-refractivity contribution in [2.75, 3.05) is 31.1 Å². The van der Waals surface area contributed by atoms with Crippen LogP contribution in [0.4, 0.5) is 10.5 Å². The monoisotopic (exact) mass is 274 g/mol. The van der Waals surface area contributed by atoms with Crippen LogP contribution in [0, 0.1) is 5.41 Å². The molecule has 106 valence electrons. The molecule has 0 bridgehead atoms.